The fourth-order valence-electron chi connectivity index (χ4n) is 4.73. The lowest BCUT2D eigenvalue weighted by atomic mass is 9.67. The first-order chi connectivity index (χ1) is 14.8. The summed E-state index contributed by atoms with van der Waals surface area (Å²) in [7, 11) is 0. The van der Waals surface area contributed by atoms with Crippen molar-refractivity contribution in [3.05, 3.63) is 76.6 Å². The molecule has 6 heteroatoms. The highest BCUT2D eigenvalue weighted by Crippen LogP contribution is 2.52. The van der Waals surface area contributed by atoms with Crippen LogP contribution in [-0.4, -0.2) is 28.1 Å². The van der Waals surface area contributed by atoms with Gasteiger partial charge in [-0.15, -0.1) is 6.58 Å². The van der Waals surface area contributed by atoms with Gasteiger partial charge in [-0.1, -0.05) is 55.3 Å². The molecule has 3 rings (SSSR count). The second kappa shape index (κ2) is 9.97. The van der Waals surface area contributed by atoms with Crippen LogP contribution < -0.4 is 0 Å². The van der Waals surface area contributed by atoms with Crippen molar-refractivity contribution in [2.75, 3.05) is 0 Å². The summed E-state index contributed by atoms with van der Waals surface area (Å²) in [6.07, 6.45) is 6.42. The van der Waals surface area contributed by atoms with E-state index in [0.717, 1.165) is 17.5 Å². The molecule has 1 aromatic carbocycles. The Hall–Kier alpha value is -2.17. The normalized spacial score (nSPS) is 24.6. The average molecular weight is 459 g/mol. The lowest BCUT2D eigenvalue weighted by Crippen LogP contribution is -2.55. The number of carbonyl (C=O) groups is 2. The Morgan fingerprint density at radius 1 is 1.29 bits per heavy atom. The Kier molecular flexibility index (Phi) is 7.55. The number of aromatic nitrogens is 1. The van der Waals surface area contributed by atoms with E-state index < -0.39 is 5.41 Å². The molecule has 0 N–H and O–H groups in total. The molecule has 4 atom stereocenters. The molecule has 1 saturated heterocycles. The van der Waals surface area contributed by atoms with Gasteiger partial charge in [0.1, 0.15) is 6.29 Å². The molecule has 0 saturated carbocycles. The molecule has 4 nitrogen and oxygen atoms in total. The fraction of sp³-hybridized carbons (Fsp3) is 0.400. The van der Waals surface area contributed by atoms with Crippen LogP contribution in [0.15, 0.2) is 55.3 Å². The predicted molar refractivity (Wildman–Crippen MR) is 125 cm³/mol. The third-order valence-corrected chi connectivity index (χ3v) is 6.72. The van der Waals surface area contributed by atoms with Crippen LogP contribution in [0.25, 0.3) is 0 Å². The van der Waals surface area contributed by atoms with Crippen molar-refractivity contribution in [2.45, 2.75) is 57.5 Å². The van der Waals surface area contributed by atoms with Gasteiger partial charge in [0.15, 0.2) is 0 Å². The number of hydrogen-bond acceptors (Lipinski definition) is 3. The van der Waals surface area contributed by atoms with Crippen LogP contribution in [0, 0.1) is 5.41 Å². The Balaban J connectivity index is 2.23. The summed E-state index contributed by atoms with van der Waals surface area (Å²) >= 11 is 12.4. The summed E-state index contributed by atoms with van der Waals surface area (Å²) in [6, 6.07) is 10.9. The van der Waals surface area contributed by atoms with E-state index in [4.69, 9.17) is 23.2 Å². The molecular weight excluding hydrogens is 431 g/mol. The molecule has 164 valence electrons. The van der Waals surface area contributed by atoms with Crippen molar-refractivity contribution >= 4 is 35.4 Å². The minimum atomic E-state index is -0.631. The number of nitrogens with zero attached hydrogens (tertiary/aromatic N) is 2. The monoisotopic (exact) mass is 458 g/mol. The van der Waals surface area contributed by atoms with Gasteiger partial charge in [0, 0.05) is 29.6 Å². The van der Waals surface area contributed by atoms with Crippen LogP contribution in [0.2, 0.25) is 10.0 Å². The van der Waals surface area contributed by atoms with Crippen molar-refractivity contribution in [3.63, 3.8) is 0 Å². The van der Waals surface area contributed by atoms with Gasteiger partial charge in [0.2, 0.25) is 5.91 Å². The van der Waals surface area contributed by atoms with Crippen LogP contribution in [0.1, 0.15) is 62.7 Å². The molecule has 2 aromatic rings. The number of halogens is 2. The highest BCUT2D eigenvalue weighted by Gasteiger charge is 2.51. The first kappa shape index (κ1) is 23.5. The summed E-state index contributed by atoms with van der Waals surface area (Å²) < 4.78 is 0. The summed E-state index contributed by atoms with van der Waals surface area (Å²) in [5, 5.41) is 1.18. The molecular formula is C25H28Cl2N2O2. The number of pyridine rings is 1. The molecule has 31 heavy (non-hydrogen) atoms. The largest absolute Gasteiger partial charge is 0.330 e. The number of piperidine rings is 1. The van der Waals surface area contributed by atoms with Crippen LogP contribution in [0.4, 0.5) is 0 Å². The average Bonchev–Trinajstić information content (AvgIpc) is 2.75. The zero-order chi connectivity index (χ0) is 22.6. The lowest BCUT2D eigenvalue weighted by molar-refractivity contribution is -0.155. The molecule has 1 aromatic heterocycles. The summed E-state index contributed by atoms with van der Waals surface area (Å²) in [5.74, 6) is -0.0168. The Labute approximate surface area is 194 Å². The number of carbonyl (C=O) groups excluding carboxylic acids is 2. The number of allylic oxidation sites excluding steroid dienone is 1. The molecule has 1 amide bonds. The smallest absolute Gasteiger partial charge is 0.229 e. The van der Waals surface area contributed by atoms with Gasteiger partial charge < -0.3 is 9.69 Å². The molecule has 1 aliphatic heterocycles. The maximum atomic E-state index is 13.9. The number of hydrogen-bond donors (Lipinski definition) is 0. The van der Waals surface area contributed by atoms with Crippen molar-refractivity contribution in [1.82, 2.24) is 9.88 Å². The highest BCUT2D eigenvalue weighted by molar-refractivity contribution is 6.30. The summed E-state index contributed by atoms with van der Waals surface area (Å²) in [5.41, 5.74) is 1.17. The SMILES string of the molecule is C=CCC1(C)C[C@H](c2cccc(Cl)c2)[C@@H](c2ccc(Cl)cn2)N([C@@H](CC)CC=O)C1=O. The van der Waals surface area contributed by atoms with Gasteiger partial charge >= 0.3 is 0 Å². The maximum Gasteiger partial charge on any atom is 0.229 e. The third-order valence-electron chi connectivity index (χ3n) is 6.26. The first-order valence-corrected chi connectivity index (χ1v) is 11.3. The quantitative estimate of drug-likeness (QED) is 0.339. The fourth-order valence-corrected chi connectivity index (χ4v) is 5.05. The summed E-state index contributed by atoms with van der Waals surface area (Å²) in [4.78, 5) is 31.9. The van der Waals surface area contributed by atoms with Crippen molar-refractivity contribution in [3.8, 4) is 0 Å². The maximum absolute atomic E-state index is 13.9. The van der Waals surface area contributed by atoms with Gasteiger partial charge in [-0.2, -0.15) is 0 Å². The van der Waals surface area contributed by atoms with Gasteiger partial charge in [-0.25, -0.2) is 0 Å². The van der Waals surface area contributed by atoms with Crippen LogP contribution in [0.3, 0.4) is 0 Å². The van der Waals surface area contributed by atoms with E-state index >= 15 is 0 Å². The van der Waals surface area contributed by atoms with Gasteiger partial charge in [-0.05, 0) is 49.1 Å². The summed E-state index contributed by atoms with van der Waals surface area (Å²) in [6.45, 7) is 7.87. The second-order valence-corrected chi connectivity index (χ2v) is 9.31. The van der Waals surface area contributed by atoms with E-state index in [2.05, 4.69) is 11.6 Å². The van der Waals surface area contributed by atoms with Crippen molar-refractivity contribution in [1.29, 1.82) is 0 Å². The molecule has 0 spiro atoms. The predicted octanol–water partition coefficient (Wildman–Crippen LogP) is 6.40. The minimum Gasteiger partial charge on any atom is -0.330 e. The van der Waals surface area contributed by atoms with Gasteiger partial charge in [0.25, 0.3) is 0 Å². The Morgan fingerprint density at radius 2 is 2.06 bits per heavy atom. The first-order valence-electron chi connectivity index (χ1n) is 10.6. The van der Waals surface area contributed by atoms with E-state index in [1.807, 2.05) is 49.1 Å². The molecule has 0 radical (unpaired) electrons. The van der Waals surface area contributed by atoms with E-state index in [1.165, 1.54) is 0 Å². The van der Waals surface area contributed by atoms with Crippen LogP contribution in [-0.2, 0) is 9.59 Å². The number of aldehydes is 1. The lowest BCUT2D eigenvalue weighted by Gasteiger charge is -2.51. The standard InChI is InChI=1S/C25H28Cl2N2O2/c1-4-12-25(3)15-21(17-7-6-8-18(26)14-17)23(22-10-9-19(27)16-28-22)29(24(25)31)20(5-2)11-13-30/h4,6-10,13-14,16,20-21,23H,1,5,11-12,15H2,2-3H3/t20-,21+,23-,25?/m0/s1. The van der Waals surface area contributed by atoms with Crippen LogP contribution >= 0.6 is 23.2 Å². The molecule has 1 fully saturated rings. The van der Waals surface area contributed by atoms with E-state index in [0.29, 0.717) is 29.3 Å². The third kappa shape index (κ3) is 4.86. The molecule has 1 unspecified atom stereocenters. The number of benzene rings is 1. The second-order valence-electron chi connectivity index (χ2n) is 8.44. The van der Waals surface area contributed by atoms with Crippen molar-refractivity contribution < 1.29 is 9.59 Å². The molecule has 0 aliphatic carbocycles. The zero-order valence-electron chi connectivity index (χ0n) is 17.9. The van der Waals surface area contributed by atoms with Crippen LogP contribution in [0.5, 0.6) is 0 Å². The Bertz CT molecular complexity index is 947. The Morgan fingerprint density at radius 3 is 2.65 bits per heavy atom. The van der Waals surface area contributed by atoms with E-state index in [9.17, 15) is 9.59 Å². The molecule has 2 heterocycles. The van der Waals surface area contributed by atoms with Gasteiger partial charge in [0.05, 0.1) is 22.2 Å². The molecule has 0 bridgehead atoms. The minimum absolute atomic E-state index is 0.0288. The van der Waals surface area contributed by atoms with E-state index in [-0.39, 0.29) is 30.3 Å². The van der Waals surface area contributed by atoms with E-state index in [1.54, 1.807) is 18.3 Å². The number of likely N-dealkylation sites (tertiary alicyclic amines) is 1. The van der Waals surface area contributed by atoms with Crippen molar-refractivity contribution in [2.24, 2.45) is 5.41 Å². The topological polar surface area (TPSA) is 50.3 Å². The van der Waals surface area contributed by atoms with Gasteiger partial charge in [-0.3, -0.25) is 9.78 Å². The number of amides is 1. The molecule has 1 aliphatic rings. The number of rotatable bonds is 8. The zero-order valence-corrected chi connectivity index (χ0v) is 19.4. The highest BCUT2D eigenvalue weighted by atomic mass is 35.5.